The summed E-state index contributed by atoms with van der Waals surface area (Å²) >= 11 is 0. The van der Waals surface area contributed by atoms with Crippen LogP contribution in [0.2, 0.25) is 0 Å². The molecule has 0 saturated carbocycles. The van der Waals surface area contributed by atoms with Crippen LogP contribution in [0.3, 0.4) is 0 Å². The van der Waals surface area contributed by atoms with Crippen LogP contribution in [-0.4, -0.2) is 54.1 Å². The van der Waals surface area contributed by atoms with E-state index in [0.717, 1.165) is 5.56 Å². The molecule has 1 atom stereocenters. The third-order valence-corrected chi connectivity index (χ3v) is 7.04. The molecule has 0 saturated heterocycles. The number of benzene rings is 2. The first-order chi connectivity index (χ1) is 16.6. The number of carbonyl (C=O) groups is 2. The Morgan fingerprint density at radius 3 is 2.11 bits per heavy atom. The highest BCUT2D eigenvalue weighted by atomic mass is 32.2. The van der Waals surface area contributed by atoms with E-state index in [4.69, 9.17) is 18.9 Å². The van der Waals surface area contributed by atoms with E-state index in [1.54, 1.807) is 31.2 Å². The molecule has 3 rings (SSSR count). The van der Waals surface area contributed by atoms with Gasteiger partial charge >= 0.3 is 12.0 Å². The highest BCUT2D eigenvalue weighted by molar-refractivity contribution is 7.91. The molecule has 2 amide bonds. The van der Waals surface area contributed by atoms with E-state index in [1.807, 2.05) is 6.92 Å². The number of rotatable bonds is 9. The summed E-state index contributed by atoms with van der Waals surface area (Å²) < 4.78 is 47.7. The highest BCUT2D eigenvalue weighted by Crippen LogP contribution is 2.41. The molecule has 0 unspecified atom stereocenters. The highest BCUT2D eigenvalue weighted by Gasteiger charge is 2.36. The Hall–Kier alpha value is -3.73. The molecule has 0 aliphatic carbocycles. The summed E-state index contributed by atoms with van der Waals surface area (Å²) in [7, 11) is 0.416. The third kappa shape index (κ3) is 5.51. The van der Waals surface area contributed by atoms with Crippen molar-refractivity contribution >= 4 is 21.8 Å². The molecule has 2 N–H and O–H groups in total. The number of hydrogen-bond acceptors (Lipinski definition) is 8. The first-order valence-corrected chi connectivity index (χ1v) is 12.4. The van der Waals surface area contributed by atoms with Crippen LogP contribution in [0.4, 0.5) is 4.79 Å². The normalized spacial score (nSPS) is 15.7. The third-order valence-electron chi connectivity index (χ3n) is 5.38. The molecule has 35 heavy (non-hydrogen) atoms. The van der Waals surface area contributed by atoms with Crippen molar-refractivity contribution in [3.63, 3.8) is 0 Å². The zero-order chi connectivity index (χ0) is 25.8. The summed E-state index contributed by atoms with van der Waals surface area (Å²) in [5.74, 6) is -0.465. The minimum absolute atomic E-state index is 0.0450. The predicted molar refractivity (Wildman–Crippen MR) is 127 cm³/mol. The maximum atomic E-state index is 13.2. The predicted octanol–water partition coefficient (Wildman–Crippen LogP) is 2.67. The summed E-state index contributed by atoms with van der Waals surface area (Å²) in [6.07, 6.45) is 0. The Labute approximate surface area is 204 Å². The van der Waals surface area contributed by atoms with Gasteiger partial charge in [0.1, 0.15) is 0 Å². The van der Waals surface area contributed by atoms with Crippen molar-refractivity contribution in [2.24, 2.45) is 0 Å². The number of aryl methyl sites for hydroxylation is 1. The maximum Gasteiger partial charge on any atom is 0.338 e. The molecule has 0 bridgehead atoms. The Morgan fingerprint density at radius 1 is 1.00 bits per heavy atom. The van der Waals surface area contributed by atoms with Gasteiger partial charge in [-0.05, 0) is 43.7 Å². The summed E-state index contributed by atoms with van der Waals surface area (Å²) in [5.41, 5.74) is 1.18. The fraction of sp³-hybridized carbons (Fsp3) is 0.333. The SMILES string of the molecule is CCOC(=O)C1=C(CS(=O)(=O)c2ccc(C)cc2)NC(=O)N[C@@H]1c1cc(OC)c(OC)c(OC)c1. The largest absolute Gasteiger partial charge is 0.493 e. The van der Waals surface area contributed by atoms with Crippen LogP contribution in [0, 0.1) is 6.92 Å². The van der Waals surface area contributed by atoms with E-state index in [0.29, 0.717) is 22.8 Å². The second-order valence-corrected chi connectivity index (χ2v) is 9.66. The van der Waals surface area contributed by atoms with Gasteiger partial charge in [0.15, 0.2) is 21.3 Å². The maximum absolute atomic E-state index is 13.2. The molecule has 0 radical (unpaired) electrons. The Balaban J connectivity index is 2.18. The molecule has 11 heteroatoms. The number of urea groups is 1. The van der Waals surface area contributed by atoms with Crippen molar-refractivity contribution in [2.45, 2.75) is 24.8 Å². The molecule has 2 aromatic rings. The lowest BCUT2D eigenvalue weighted by atomic mass is 9.95. The van der Waals surface area contributed by atoms with Gasteiger partial charge in [0, 0.05) is 5.70 Å². The Kier molecular flexibility index (Phi) is 7.90. The molecule has 2 aromatic carbocycles. The van der Waals surface area contributed by atoms with Crippen LogP contribution in [-0.2, 0) is 19.4 Å². The van der Waals surface area contributed by atoms with Crippen LogP contribution in [0.1, 0.15) is 24.1 Å². The average molecular weight is 505 g/mol. The fourth-order valence-corrected chi connectivity index (χ4v) is 5.04. The van der Waals surface area contributed by atoms with E-state index < -0.39 is 33.6 Å². The van der Waals surface area contributed by atoms with Crippen LogP contribution >= 0.6 is 0 Å². The zero-order valence-corrected chi connectivity index (χ0v) is 20.9. The van der Waals surface area contributed by atoms with Gasteiger partial charge < -0.3 is 29.6 Å². The first-order valence-electron chi connectivity index (χ1n) is 10.7. The number of carbonyl (C=O) groups excluding carboxylic acids is 2. The standard InChI is InChI=1S/C24H28N2O8S/c1-6-34-23(27)20-17(13-35(29,30)16-9-7-14(2)8-10-16)25-24(28)26-21(20)15-11-18(31-3)22(33-5)19(12-15)32-4/h7-12,21H,6,13H2,1-5H3,(H2,25,26,28)/t21-/m1/s1. The van der Waals surface area contributed by atoms with Gasteiger partial charge in [-0.3, -0.25) is 0 Å². The van der Waals surface area contributed by atoms with Crippen molar-refractivity contribution < 1.29 is 37.0 Å². The molecule has 10 nitrogen and oxygen atoms in total. The molecule has 1 aliphatic heterocycles. The fourth-order valence-electron chi connectivity index (χ4n) is 3.72. The van der Waals surface area contributed by atoms with Crippen molar-refractivity contribution in [2.75, 3.05) is 33.7 Å². The number of hydrogen-bond donors (Lipinski definition) is 2. The summed E-state index contributed by atoms with van der Waals surface area (Å²) in [5, 5.41) is 5.15. The number of methoxy groups -OCH3 is 3. The number of amides is 2. The van der Waals surface area contributed by atoms with E-state index in [1.165, 1.54) is 33.5 Å². The van der Waals surface area contributed by atoms with Crippen molar-refractivity contribution in [3.05, 3.63) is 58.8 Å². The number of sulfone groups is 1. The van der Waals surface area contributed by atoms with Gasteiger partial charge in [-0.2, -0.15) is 0 Å². The van der Waals surface area contributed by atoms with Gasteiger partial charge in [-0.1, -0.05) is 17.7 Å². The van der Waals surface area contributed by atoms with Crippen LogP contribution in [0.15, 0.2) is 52.6 Å². The lowest BCUT2D eigenvalue weighted by Gasteiger charge is -2.30. The molecule has 188 valence electrons. The average Bonchev–Trinajstić information content (AvgIpc) is 2.82. The van der Waals surface area contributed by atoms with Crippen molar-refractivity contribution in [3.8, 4) is 17.2 Å². The second-order valence-electron chi connectivity index (χ2n) is 7.67. The van der Waals surface area contributed by atoms with Gasteiger partial charge in [0.25, 0.3) is 0 Å². The van der Waals surface area contributed by atoms with Crippen LogP contribution in [0.25, 0.3) is 0 Å². The van der Waals surface area contributed by atoms with E-state index >= 15 is 0 Å². The molecular weight excluding hydrogens is 476 g/mol. The Morgan fingerprint density at radius 2 is 1.60 bits per heavy atom. The molecule has 0 aromatic heterocycles. The number of nitrogens with one attached hydrogen (secondary N) is 2. The second kappa shape index (κ2) is 10.7. The van der Waals surface area contributed by atoms with E-state index in [9.17, 15) is 18.0 Å². The Bertz CT molecular complexity index is 1230. The number of ether oxygens (including phenoxy) is 4. The van der Waals surface area contributed by atoms with Crippen LogP contribution < -0.4 is 24.8 Å². The van der Waals surface area contributed by atoms with Crippen molar-refractivity contribution in [1.82, 2.24) is 10.6 Å². The topological polar surface area (TPSA) is 129 Å². The lowest BCUT2D eigenvalue weighted by molar-refractivity contribution is -0.139. The van der Waals surface area contributed by atoms with Gasteiger partial charge in [-0.25, -0.2) is 18.0 Å². The van der Waals surface area contributed by atoms with E-state index in [-0.39, 0.29) is 22.8 Å². The van der Waals surface area contributed by atoms with E-state index in [2.05, 4.69) is 10.6 Å². The van der Waals surface area contributed by atoms with Gasteiger partial charge in [-0.15, -0.1) is 0 Å². The minimum atomic E-state index is -3.90. The smallest absolute Gasteiger partial charge is 0.338 e. The molecule has 1 heterocycles. The quantitative estimate of drug-likeness (QED) is 0.499. The molecular formula is C24H28N2O8S. The first kappa shape index (κ1) is 25.9. The van der Waals surface area contributed by atoms with Gasteiger partial charge in [0.2, 0.25) is 5.75 Å². The molecule has 1 aliphatic rings. The molecule has 0 spiro atoms. The molecule has 0 fully saturated rings. The minimum Gasteiger partial charge on any atom is -0.493 e. The van der Waals surface area contributed by atoms with Gasteiger partial charge in [0.05, 0.1) is 50.2 Å². The van der Waals surface area contributed by atoms with Crippen molar-refractivity contribution in [1.29, 1.82) is 0 Å². The summed E-state index contributed by atoms with van der Waals surface area (Å²) in [6, 6.07) is 7.74. The lowest BCUT2D eigenvalue weighted by Crippen LogP contribution is -2.47. The monoisotopic (exact) mass is 504 g/mol. The zero-order valence-electron chi connectivity index (χ0n) is 20.1. The summed E-state index contributed by atoms with van der Waals surface area (Å²) in [6.45, 7) is 3.52. The summed E-state index contributed by atoms with van der Waals surface area (Å²) in [4.78, 5) is 25.7. The number of esters is 1. The van der Waals surface area contributed by atoms with Crippen LogP contribution in [0.5, 0.6) is 17.2 Å².